The molecule has 4 aromatic rings. The summed E-state index contributed by atoms with van der Waals surface area (Å²) in [7, 11) is 0. The molecule has 0 bridgehead atoms. The molecule has 1 aliphatic rings. The summed E-state index contributed by atoms with van der Waals surface area (Å²) in [6.45, 7) is 0. The second-order valence-electron chi connectivity index (χ2n) is 8.26. The van der Waals surface area contributed by atoms with Gasteiger partial charge in [0.25, 0.3) is 0 Å². The summed E-state index contributed by atoms with van der Waals surface area (Å²) in [6, 6.07) is 21.6. The summed E-state index contributed by atoms with van der Waals surface area (Å²) in [6.07, 6.45) is 5.44. The van der Waals surface area contributed by atoms with Crippen LogP contribution in [-0.4, -0.2) is 15.9 Å². The van der Waals surface area contributed by atoms with Crippen molar-refractivity contribution in [2.45, 2.75) is 19.3 Å². The van der Waals surface area contributed by atoms with Crippen molar-refractivity contribution in [1.82, 2.24) is 9.97 Å². The van der Waals surface area contributed by atoms with Gasteiger partial charge >= 0.3 is 0 Å². The van der Waals surface area contributed by atoms with Crippen LogP contribution >= 0.6 is 0 Å². The van der Waals surface area contributed by atoms with E-state index in [1.54, 1.807) is 12.1 Å². The van der Waals surface area contributed by atoms with Crippen LogP contribution in [0.1, 0.15) is 28.1 Å². The summed E-state index contributed by atoms with van der Waals surface area (Å²) in [5.74, 6) is -0.156. The third kappa shape index (κ3) is 4.71. The molecule has 3 N–H and O–H groups in total. The number of carbonyl (C=O) groups excluding carboxylic acids is 1. The zero-order valence-corrected chi connectivity index (χ0v) is 18.5. The van der Waals surface area contributed by atoms with E-state index >= 15 is 0 Å². The van der Waals surface area contributed by atoms with E-state index in [2.05, 4.69) is 5.32 Å². The third-order valence-corrected chi connectivity index (χ3v) is 5.78. The Morgan fingerprint density at radius 1 is 0.971 bits per heavy atom. The van der Waals surface area contributed by atoms with Crippen molar-refractivity contribution >= 4 is 29.6 Å². The van der Waals surface area contributed by atoms with Crippen molar-refractivity contribution in [2.75, 3.05) is 11.1 Å². The first kappa shape index (κ1) is 21.5. The summed E-state index contributed by atoms with van der Waals surface area (Å²) in [4.78, 5) is 22.5. The molecular weight excluding hydrogens is 427 g/mol. The molecule has 5 rings (SSSR count). The van der Waals surface area contributed by atoms with E-state index in [0.29, 0.717) is 17.9 Å². The lowest BCUT2D eigenvalue weighted by molar-refractivity contribution is -0.115. The number of nitrogens with one attached hydrogen (secondary N) is 1. The first-order chi connectivity index (χ1) is 16.5. The number of carbonyl (C=O) groups is 1. The number of nitrogens with zero attached hydrogens (tertiary/aromatic N) is 2. The molecule has 1 aliphatic carbocycles. The van der Waals surface area contributed by atoms with Gasteiger partial charge in [0.2, 0.25) is 5.91 Å². The number of nitrogens with two attached hydrogens (primary N) is 1. The Bertz CT molecular complexity index is 1380. The van der Waals surface area contributed by atoms with Gasteiger partial charge in [-0.3, -0.25) is 4.79 Å². The first-order valence-corrected chi connectivity index (χ1v) is 11.1. The Morgan fingerprint density at radius 3 is 2.56 bits per heavy atom. The van der Waals surface area contributed by atoms with Gasteiger partial charge in [0.1, 0.15) is 11.5 Å². The molecule has 168 valence electrons. The number of hydrogen-bond acceptors (Lipinski definition) is 4. The zero-order chi connectivity index (χ0) is 23.5. The Labute approximate surface area is 197 Å². The molecule has 0 radical (unpaired) electrons. The van der Waals surface area contributed by atoms with Crippen molar-refractivity contribution < 1.29 is 9.18 Å². The highest BCUT2D eigenvalue weighted by atomic mass is 19.1. The van der Waals surface area contributed by atoms with Gasteiger partial charge in [-0.25, -0.2) is 14.4 Å². The topological polar surface area (TPSA) is 80.9 Å². The van der Waals surface area contributed by atoms with Gasteiger partial charge in [0.15, 0.2) is 5.82 Å². The average molecular weight is 451 g/mol. The molecule has 1 heterocycles. The van der Waals surface area contributed by atoms with Crippen molar-refractivity contribution in [2.24, 2.45) is 0 Å². The van der Waals surface area contributed by atoms with Crippen LogP contribution < -0.4 is 11.1 Å². The molecule has 6 heteroatoms. The summed E-state index contributed by atoms with van der Waals surface area (Å²) in [5.41, 5.74) is 12.8. The maximum Gasteiger partial charge on any atom is 0.230 e. The molecule has 0 unspecified atom stereocenters. The number of aryl methyl sites for hydroxylation is 2. The Balaban J connectivity index is 1.50. The SMILES string of the molecule is Nc1ccc2c(c1)CCc1nc(NC(=O)Cc3ccc(F)cc3)c(C=Cc3ccccc3)nc1-2. The maximum absolute atomic E-state index is 13.2. The number of nitrogen functional groups attached to an aromatic ring is 1. The van der Waals surface area contributed by atoms with E-state index in [1.807, 2.05) is 60.7 Å². The number of rotatable bonds is 5. The zero-order valence-electron chi connectivity index (χ0n) is 18.5. The van der Waals surface area contributed by atoms with Crippen LogP contribution in [0, 0.1) is 5.82 Å². The van der Waals surface area contributed by atoms with Crippen molar-refractivity contribution in [3.05, 3.63) is 107 Å². The van der Waals surface area contributed by atoms with E-state index in [4.69, 9.17) is 15.7 Å². The second-order valence-corrected chi connectivity index (χ2v) is 8.26. The van der Waals surface area contributed by atoms with Gasteiger partial charge in [0.05, 0.1) is 17.8 Å². The van der Waals surface area contributed by atoms with Crippen molar-refractivity contribution in [3.63, 3.8) is 0 Å². The fourth-order valence-corrected chi connectivity index (χ4v) is 4.09. The first-order valence-electron chi connectivity index (χ1n) is 11.1. The number of halogens is 1. The highest BCUT2D eigenvalue weighted by Crippen LogP contribution is 2.34. The molecule has 0 saturated carbocycles. The number of benzene rings is 3. The average Bonchev–Trinajstić information content (AvgIpc) is 2.84. The van der Waals surface area contributed by atoms with Gasteiger partial charge in [-0.2, -0.15) is 0 Å². The maximum atomic E-state index is 13.2. The summed E-state index contributed by atoms with van der Waals surface area (Å²) >= 11 is 0. The van der Waals surface area contributed by atoms with Gasteiger partial charge in [-0.1, -0.05) is 54.6 Å². The quantitative estimate of drug-likeness (QED) is 0.404. The largest absolute Gasteiger partial charge is 0.399 e. The molecule has 1 aromatic heterocycles. The van der Waals surface area contributed by atoms with Gasteiger partial charge in [-0.15, -0.1) is 0 Å². The fraction of sp³-hybridized carbons (Fsp3) is 0.107. The van der Waals surface area contributed by atoms with Crippen LogP contribution in [0.2, 0.25) is 0 Å². The minimum Gasteiger partial charge on any atom is -0.399 e. The van der Waals surface area contributed by atoms with Crippen LogP contribution in [0.3, 0.4) is 0 Å². The van der Waals surface area contributed by atoms with E-state index in [0.717, 1.165) is 45.7 Å². The number of hydrogen-bond donors (Lipinski definition) is 2. The highest BCUT2D eigenvalue weighted by Gasteiger charge is 2.22. The molecule has 0 aliphatic heterocycles. The van der Waals surface area contributed by atoms with Gasteiger partial charge < -0.3 is 11.1 Å². The highest BCUT2D eigenvalue weighted by molar-refractivity contribution is 5.94. The molecule has 0 saturated heterocycles. The molecule has 34 heavy (non-hydrogen) atoms. The monoisotopic (exact) mass is 450 g/mol. The standard InChI is InChI=1S/C28H23FN4O/c29-21-10-6-19(7-11-21)16-26(34)33-28-25(14-8-18-4-2-1-3-5-18)31-27-23-13-12-22(30)17-20(23)9-15-24(27)32-28/h1-8,10-14,17H,9,15-16,30H2,(H,32,33,34). The second kappa shape index (κ2) is 9.27. The summed E-state index contributed by atoms with van der Waals surface area (Å²) < 4.78 is 13.2. The number of fused-ring (bicyclic) bond motifs is 3. The predicted molar refractivity (Wildman–Crippen MR) is 133 cm³/mol. The Morgan fingerprint density at radius 2 is 1.76 bits per heavy atom. The van der Waals surface area contributed by atoms with E-state index in [1.165, 1.54) is 12.1 Å². The van der Waals surface area contributed by atoms with Crippen LogP contribution in [0.25, 0.3) is 23.4 Å². The molecule has 5 nitrogen and oxygen atoms in total. The van der Waals surface area contributed by atoms with Crippen molar-refractivity contribution in [1.29, 1.82) is 0 Å². The van der Waals surface area contributed by atoms with Gasteiger partial charge in [-0.05, 0) is 59.9 Å². The molecule has 1 amide bonds. The molecule has 3 aromatic carbocycles. The summed E-state index contributed by atoms with van der Waals surface area (Å²) in [5, 5.41) is 2.92. The Kier molecular flexibility index (Phi) is 5.87. The molecule has 0 fully saturated rings. The van der Waals surface area contributed by atoms with Crippen LogP contribution in [-0.2, 0) is 24.1 Å². The van der Waals surface area contributed by atoms with Crippen molar-refractivity contribution in [3.8, 4) is 11.3 Å². The van der Waals surface area contributed by atoms with Crippen LogP contribution in [0.4, 0.5) is 15.9 Å². The predicted octanol–water partition coefficient (Wildman–Crippen LogP) is 5.32. The van der Waals surface area contributed by atoms with Crippen LogP contribution in [0.5, 0.6) is 0 Å². The number of anilines is 2. The smallest absolute Gasteiger partial charge is 0.230 e. The molecule has 0 atom stereocenters. The van der Waals surface area contributed by atoms with Gasteiger partial charge in [0, 0.05) is 11.3 Å². The molecule has 0 spiro atoms. The van der Waals surface area contributed by atoms with Crippen LogP contribution in [0.15, 0.2) is 72.8 Å². The minimum absolute atomic E-state index is 0.114. The minimum atomic E-state index is -0.333. The van der Waals surface area contributed by atoms with E-state index < -0.39 is 0 Å². The number of amides is 1. The lowest BCUT2D eigenvalue weighted by atomic mass is 9.91. The van der Waals surface area contributed by atoms with E-state index in [-0.39, 0.29) is 18.1 Å². The normalized spacial score (nSPS) is 12.3. The number of aromatic nitrogens is 2. The third-order valence-electron chi connectivity index (χ3n) is 5.78. The fourth-order valence-electron chi connectivity index (χ4n) is 4.09. The molecular formula is C28H23FN4O. The van der Waals surface area contributed by atoms with E-state index in [9.17, 15) is 9.18 Å². The Hall–Kier alpha value is -4.32. The lowest BCUT2D eigenvalue weighted by Gasteiger charge is -2.20. The lowest BCUT2D eigenvalue weighted by Crippen LogP contribution is -2.19.